The van der Waals surface area contributed by atoms with E-state index in [4.69, 9.17) is 5.73 Å². The molecule has 0 unspecified atom stereocenters. The molecule has 0 atom stereocenters. The van der Waals surface area contributed by atoms with Gasteiger partial charge in [-0.15, -0.1) is 0 Å². The maximum Gasteiger partial charge on any atom is 0.222 e. The SMILES string of the molecule is NC(=O)CCCCC(=O)N1CC1. The number of primary amides is 1. The number of carbonyl (C=O) groups excluding carboxylic acids is 2. The molecule has 1 rings (SSSR count). The minimum absolute atomic E-state index is 0.208. The predicted molar refractivity (Wildman–Crippen MR) is 44.2 cm³/mol. The third-order valence-electron chi connectivity index (χ3n) is 1.86. The minimum Gasteiger partial charge on any atom is -0.370 e. The van der Waals surface area contributed by atoms with Crippen molar-refractivity contribution in [1.82, 2.24) is 4.90 Å². The van der Waals surface area contributed by atoms with E-state index in [1.807, 2.05) is 0 Å². The van der Waals surface area contributed by atoms with Crippen molar-refractivity contribution < 1.29 is 9.59 Å². The van der Waals surface area contributed by atoms with Gasteiger partial charge in [-0.3, -0.25) is 9.59 Å². The van der Waals surface area contributed by atoms with Crippen molar-refractivity contribution in [2.75, 3.05) is 13.1 Å². The zero-order valence-electron chi connectivity index (χ0n) is 7.08. The van der Waals surface area contributed by atoms with Crippen LogP contribution in [0.2, 0.25) is 0 Å². The van der Waals surface area contributed by atoms with Gasteiger partial charge in [0.05, 0.1) is 0 Å². The number of nitrogens with zero attached hydrogens (tertiary/aromatic N) is 1. The van der Waals surface area contributed by atoms with Gasteiger partial charge in [-0.2, -0.15) is 0 Å². The summed E-state index contributed by atoms with van der Waals surface area (Å²) in [6, 6.07) is 0. The first kappa shape index (κ1) is 9.03. The molecule has 1 fully saturated rings. The quantitative estimate of drug-likeness (QED) is 0.461. The average molecular weight is 170 g/mol. The first-order valence-corrected chi connectivity index (χ1v) is 4.26. The molecule has 2 amide bonds. The standard InChI is InChI=1S/C8H14N2O2/c9-7(11)3-1-2-4-8(12)10-5-6-10/h1-6H2,(H2,9,11). The van der Waals surface area contributed by atoms with E-state index in [0.717, 1.165) is 25.9 Å². The van der Waals surface area contributed by atoms with Gasteiger partial charge in [0.15, 0.2) is 0 Å². The Morgan fingerprint density at radius 1 is 1.17 bits per heavy atom. The average Bonchev–Trinajstić information content (AvgIpc) is 2.79. The summed E-state index contributed by atoms with van der Waals surface area (Å²) >= 11 is 0. The van der Waals surface area contributed by atoms with E-state index in [1.165, 1.54) is 0 Å². The van der Waals surface area contributed by atoms with Crippen LogP contribution in [0.3, 0.4) is 0 Å². The van der Waals surface area contributed by atoms with E-state index in [1.54, 1.807) is 4.90 Å². The van der Waals surface area contributed by atoms with Crippen LogP contribution < -0.4 is 5.73 Å². The highest BCUT2D eigenvalue weighted by atomic mass is 16.2. The Morgan fingerprint density at radius 2 is 1.75 bits per heavy atom. The topological polar surface area (TPSA) is 63.2 Å². The molecule has 2 N–H and O–H groups in total. The van der Waals surface area contributed by atoms with Crippen LogP contribution in [0, 0.1) is 0 Å². The van der Waals surface area contributed by atoms with Crippen molar-refractivity contribution in [1.29, 1.82) is 0 Å². The van der Waals surface area contributed by atoms with Crippen LogP contribution in [-0.2, 0) is 9.59 Å². The lowest BCUT2D eigenvalue weighted by molar-refractivity contribution is -0.126. The van der Waals surface area contributed by atoms with E-state index in [0.29, 0.717) is 12.8 Å². The summed E-state index contributed by atoms with van der Waals surface area (Å²) in [7, 11) is 0. The molecule has 0 saturated carbocycles. The van der Waals surface area contributed by atoms with Crippen molar-refractivity contribution in [2.45, 2.75) is 25.7 Å². The van der Waals surface area contributed by atoms with Crippen molar-refractivity contribution in [2.24, 2.45) is 5.73 Å². The van der Waals surface area contributed by atoms with Gasteiger partial charge in [-0.1, -0.05) is 0 Å². The summed E-state index contributed by atoms with van der Waals surface area (Å²) in [6.07, 6.45) is 2.47. The second kappa shape index (κ2) is 4.09. The highest BCUT2D eigenvalue weighted by Crippen LogP contribution is 2.09. The molecule has 12 heavy (non-hydrogen) atoms. The molecular weight excluding hydrogens is 156 g/mol. The molecule has 1 heterocycles. The third kappa shape index (κ3) is 3.37. The summed E-state index contributed by atoms with van der Waals surface area (Å²) in [5.74, 6) is -0.0753. The fourth-order valence-corrected chi connectivity index (χ4v) is 1.03. The Kier molecular flexibility index (Phi) is 3.08. The first-order chi connectivity index (χ1) is 5.70. The molecular formula is C8H14N2O2. The zero-order chi connectivity index (χ0) is 8.97. The highest BCUT2D eigenvalue weighted by Gasteiger charge is 2.22. The Balaban J connectivity index is 1.94. The number of amides is 2. The van der Waals surface area contributed by atoms with Crippen LogP contribution >= 0.6 is 0 Å². The van der Waals surface area contributed by atoms with Crippen molar-refractivity contribution in [3.63, 3.8) is 0 Å². The number of unbranched alkanes of at least 4 members (excludes halogenated alkanes) is 1. The minimum atomic E-state index is -0.283. The maximum absolute atomic E-state index is 11.1. The van der Waals surface area contributed by atoms with Gasteiger partial charge < -0.3 is 10.6 Å². The lowest BCUT2D eigenvalue weighted by Gasteiger charge is -1.99. The number of nitrogens with two attached hydrogens (primary N) is 1. The second-order valence-corrected chi connectivity index (χ2v) is 3.05. The number of hydrogen-bond acceptors (Lipinski definition) is 2. The van der Waals surface area contributed by atoms with Crippen LogP contribution in [0.5, 0.6) is 0 Å². The van der Waals surface area contributed by atoms with Crippen LogP contribution in [0.15, 0.2) is 0 Å². The molecule has 0 spiro atoms. The number of hydrogen-bond donors (Lipinski definition) is 1. The fourth-order valence-electron chi connectivity index (χ4n) is 1.03. The van der Waals surface area contributed by atoms with Gasteiger partial charge in [-0.05, 0) is 12.8 Å². The van der Waals surface area contributed by atoms with Gasteiger partial charge in [0.2, 0.25) is 11.8 Å². The third-order valence-corrected chi connectivity index (χ3v) is 1.86. The van der Waals surface area contributed by atoms with Crippen molar-refractivity contribution >= 4 is 11.8 Å². The van der Waals surface area contributed by atoms with Crippen LogP contribution in [-0.4, -0.2) is 29.8 Å². The smallest absolute Gasteiger partial charge is 0.222 e. The second-order valence-electron chi connectivity index (χ2n) is 3.05. The first-order valence-electron chi connectivity index (χ1n) is 4.26. The summed E-state index contributed by atoms with van der Waals surface area (Å²) in [6.45, 7) is 1.82. The van der Waals surface area contributed by atoms with E-state index < -0.39 is 0 Å². The number of carbonyl (C=O) groups is 2. The van der Waals surface area contributed by atoms with E-state index in [2.05, 4.69) is 0 Å². The lowest BCUT2D eigenvalue weighted by Crippen LogP contribution is -2.12. The zero-order valence-corrected chi connectivity index (χ0v) is 7.08. The molecule has 1 aliphatic heterocycles. The molecule has 0 aromatic carbocycles. The van der Waals surface area contributed by atoms with E-state index in [-0.39, 0.29) is 11.8 Å². The molecule has 0 aromatic rings. The molecule has 4 nitrogen and oxygen atoms in total. The summed E-state index contributed by atoms with van der Waals surface area (Å²) < 4.78 is 0. The van der Waals surface area contributed by atoms with Crippen LogP contribution in [0.1, 0.15) is 25.7 Å². The monoisotopic (exact) mass is 170 g/mol. The van der Waals surface area contributed by atoms with Gasteiger partial charge in [0.25, 0.3) is 0 Å². The molecule has 0 bridgehead atoms. The van der Waals surface area contributed by atoms with E-state index in [9.17, 15) is 9.59 Å². The Hall–Kier alpha value is -1.06. The highest BCUT2D eigenvalue weighted by molar-refractivity contribution is 5.78. The summed E-state index contributed by atoms with van der Waals surface area (Å²) in [4.78, 5) is 23.2. The largest absolute Gasteiger partial charge is 0.370 e. The maximum atomic E-state index is 11.1. The van der Waals surface area contributed by atoms with Crippen molar-refractivity contribution in [3.8, 4) is 0 Å². The Bertz CT molecular complexity index is 187. The van der Waals surface area contributed by atoms with Crippen molar-refractivity contribution in [3.05, 3.63) is 0 Å². The van der Waals surface area contributed by atoms with E-state index >= 15 is 0 Å². The molecule has 0 aliphatic carbocycles. The van der Waals surface area contributed by atoms with Gasteiger partial charge in [0.1, 0.15) is 0 Å². The molecule has 0 radical (unpaired) electrons. The van der Waals surface area contributed by atoms with Gasteiger partial charge in [0, 0.05) is 25.9 Å². The molecule has 1 aliphatic rings. The van der Waals surface area contributed by atoms with Gasteiger partial charge >= 0.3 is 0 Å². The summed E-state index contributed by atoms with van der Waals surface area (Å²) in [5, 5.41) is 0. The molecule has 1 saturated heterocycles. The van der Waals surface area contributed by atoms with Crippen LogP contribution in [0.25, 0.3) is 0 Å². The fraction of sp³-hybridized carbons (Fsp3) is 0.750. The molecule has 68 valence electrons. The molecule has 0 aromatic heterocycles. The van der Waals surface area contributed by atoms with Crippen LogP contribution in [0.4, 0.5) is 0 Å². The Morgan fingerprint density at radius 3 is 2.25 bits per heavy atom. The predicted octanol–water partition coefficient (Wildman–Crippen LogP) is -0.126. The Labute approximate surface area is 71.7 Å². The summed E-state index contributed by atoms with van der Waals surface area (Å²) in [5.41, 5.74) is 4.95. The normalized spacial score (nSPS) is 14.5. The van der Waals surface area contributed by atoms with Gasteiger partial charge in [-0.25, -0.2) is 0 Å². The number of rotatable bonds is 5. The lowest BCUT2D eigenvalue weighted by atomic mass is 10.2. The molecule has 4 heteroatoms.